The SMILES string of the molecule is C#Cc1c(F)ccc2cc(O)cc(-c3cc4c5c(nc(OCC6(CN7CCOC[C@@H]7C)CC6)nc5c3F)N3C[C@H]5CC[C@H](N5)[C@H]3CO4)c12. The molecule has 1 aromatic heterocycles. The van der Waals surface area contributed by atoms with Gasteiger partial charge in [-0.1, -0.05) is 12.0 Å². The summed E-state index contributed by atoms with van der Waals surface area (Å²) < 4.78 is 50.7. The van der Waals surface area contributed by atoms with Crippen LogP contribution in [-0.4, -0.2) is 90.2 Å². The molecule has 9 nitrogen and oxygen atoms in total. The molecule has 4 aliphatic heterocycles. The molecule has 3 aromatic carbocycles. The Balaban J connectivity index is 1.19. The normalized spacial score (nSPS) is 25.8. The number of nitrogens with one attached hydrogen (secondary N) is 1. The number of ether oxygens (including phenoxy) is 3. The maximum atomic E-state index is 17.1. The molecule has 48 heavy (non-hydrogen) atoms. The number of hydrogen-bond donors (Lipinski definition) is 2. The van der Waals surface area contributed by atoms with Crippen molar-refractivity contribution in [3.63, 3.8) is 0 Å². The van der Waals surface area contributed by atoms with Gasteiger partial charge in [0.25, 0.3) is 0 Å². The molecule has 248 valence electrons. The van der Waals surface area contributed by atoms with E-state index in [1.165, 1.54) is 24.3 Å². The molecule has 1 saturated carbocycles. The van der Waals surface area contributed by atoms with E-state index in [1.807, 2.05) is 0 Å². The zero-order valence-electron chi connectivity index (χ0n) is 26.8. The van der Waals surface area contributed by atoms with Crippen LogP contribution in [0.3, 0.4) is 0 Å². The molecule has 5 heterocycles. The van der Waals surface area contributed by atoms with Crippen LogP contribution < -0.4 is 19.7 Å². The van der Waals surface area contributed by atoms with Crippen LogP contribution in [0.2, 0.25) is 0 Å². The topological polar surface area (TPSA) is 92.2 Å². The van der Waals surface area contributed by atoms with Gasteiger partial charge in [-0.3, -0.25) is 4.90 Å². The Morgan fingerprint density at radius 2 is 2.00 bits per heavy atom. The van der Waals surface area contributed by atoms with Gasteiger partial charge in [0.15, 0.2) is 5.82 Å². The third-order valence-electron chi connectivity index (χ3n) is 11.1. The lowest BCUT2D eigenvalue weighted by Crippen LogP contribution is -2.60. The van der Waals surface area contributed by atoms with Crippen molar-refractivity contribution in [2.24, 2.45) is 5.41 Å². The maximum Gasteiger partial charge on any atom is 0.319 e. The molecular formula is C37H37F2N5O4. The van der Waals surface area contributed by atoms with E-state index in [1.54, 1.807) is 6.07 Å². The number of morpholine rings is 1. The van der Waals surface area contributed by atoms with E-state index < -0.39 is 11.6 Å². The molecule has 0 unspecified atom stereocenters. The second-order valence-electron chi connectivity index (χ2n) is 14.2. The second kappa shape index (κ2) is 11.2. The first-order valence-electron chi connectivity index (χ1n) is 16.9. The van der Waals surface area contributed by atoms with E-state index >= 15 is 8.78 Å². The minimum absolute atomic E-state index is 0.00951. The number of phenolic OH excluding ortho intramolecular Hbond substituents is 1. The average Bonchev–Trinajstić information content (AvgIpc) is 3.78. The molecule has 4 fully saturated rings. The van der Waals surface area contributed by atoms with Crippen molar-refractivity contribution < 1.29 is 28.1 Å². The second-order valence-corrected chi connectivity index (χ2v) is 14.2. The van der Waals surface area contributed by atoms with Gasteiger partial charge in [0, 0.05) is 54.1 Å². The van der Waals surface area contributed by atoms with Crippen molar-refractivity contribution in [3.05, 3.63) is 47.5 Å². The molecule has 4 atom stereocenters. The van der Waals surface area contributed by atoms with Crippen molar-refractivity contribution in [1.29, 1.82) is 0 Å². The number of hydrogen-bond acceptors (Lipinski definition) is 9. The minimum Gasteiger partial charge on any atom is -0.508 e. The van der Waals surface area contributed by atoms with Crippen LogP contribution in [0.5, 0.6) is 17.5 Å². The van der Waals surface area contributed by atoms with Crippen molar-refractivity contribution in [2.75, 3.05) is 51.0 Å². The zero-order valence-corrected chi connectivity index (χ0v) is 26.8. The van der Waals surface area contributed by atoms with E-state index in [0.29, 0.717) is 59.6 Å². The highest BCUT2D eigenvalue weighted by molar-refractivity contribution is 6.06. The third-order valence-corrected chi connectivity index (χ3v) is 11.1. The summed E-state index contributed by atoms with van der Waals surface area (Å²) in [5, 5.41) is 15.7. The highest BCUT2D eigenvalue weighted by Crippen LogP contribution is 2.49. The van der Waals surface area contributed by atoms with Crippen LogP contribution in [-0.2, 0) is 4.74 Å². The Morgan fingerprint density at radius 3 is 2.81 bits per heavy atom. The Kier molecular flexibility index (Phi) is 6.94. The van der Waals surface area contributed by atoms with Crippen LogP contribution in [0, 0.1) is 29.4 Å². The highest BCUT2D eigenvalue weighted by atomic mass is 19.1. The summed E-state index contributed by atoms with van der Waals surface area (Å²) in [4.78, 5) is 14.4. The molecule has 4 aromatic rings. The van der Waals surface area contributed by atoms with Crippen LogP contribution in [0.1, 0.15) is 38.2 Å². The van der Waals surface area contributed by atoms with E-state index in [-0.39, 0.29) is 51.5 Å². The fourth-order valence-electron chi connectivity index (χ4n) is 8.25. The standard InChI is InChI=1S/C37H37F2N5O4/c1-3-24-27(38)6-4-21-12-23(45)13-25(31(21)24)26-14-30-32-34(33(26)39)41-36(48-19-37(8-9-37)18-43-10-11-46-16-20(43)2)42-35(32)44-15-22-5-7-28(40-22)29(44)17-47-30/h1,4,6,12-14,20,22,28-29,40,45H,5,7-11,15-19H2,2H3/t20-,22+,28-,29+/m0/s1. The predicted octanol–water partition coefficient (Wildman–Crippen LogP) is 5.00. The lowest BCUT2D eigenvalue weighted by Gasteiger charge is -2.40. The van der Waals surface area contributed by atoms with E-state index in [2.05, 4.69) is 28.0 Å². The molecule has 5 aliphatic rings. The summed E-state index contributed by atoms with van der Waals surface area (Å²) in [5.41, 5.74) is 0.370. The largest absolute Gasteiger partial charge is 0.508 e. The fraction of sp³-hybridized carbons (Fsp3) is 0.459. The molecule has 0 spiro atoms. The molecule has 3 saturated heterocycles. The van der Waals surface area contributed by atoms with Gasteiger partial charge >= 0.3 is 6.01 Å². The molecule has 0 amide bonds. The van der Waals surface area contributed by atoms with Crippen molar-refractivity contribution in [3.8, 4) is 41.0 Å². The number of aromatic nitrogens is 2. The quantitative estimate of drug-likeness (QED) is 0.279. The average molecular weight is 654 g/mol. The Morgan fingerprint density at radius 1 is 1.12 bits per heavy atom. The Bertz CT molecular complexity index is 2010. The molecule has 9 rings (SSSR count). The number of rotatable bonds is 6. The molecule has 0 radical (unpaired) electrons. The third kappa shape index (κ3) is 4.84. The summed E-state index contributed by atoms with van der Waals surface area (Å²) in [6.07, 6.45) is 9.91. The highest BCUT2D eigenvalue weighted by Gasteiger charge is 2.47. The number of terminal acetylenes is 1. The summed E-state index contributed by atoms with van der Waals surface area (Å²) in [6, 6.07) is 8.22. The molecule has 1 aliphatic carbocycles. The van der Waals surface area contributed by atoms with E-state index in [9.17, 15) is 5.11 Å². The van der Waals surface area contributed by atoms with Gasteiger partial charge < -0.3 is 29.5 Å². The monoisotopic (exact) mass is 653 g/mol. The van der Waals surface area contributed by atoms with Gasteiger partial charge in [0.2, 0.25) is 0 Å². The number of piperazine rings is 1. The number of anilines is 1. The van der Waals surface area contributed by atoms with Crippen molar-refractivity contribution in [1.82, 2.24) is 20.2 Å². The lowest BCUT2D eigenvalue weighted by molar-refractivity contribution is -0.0134. The van der Waals surface area contributed by atoms with Gasteiger partial charge in [-0.2, -0.15) is 9.97 Å². The summed E-state index contributed by atoms with van der Waals surface area (Å²) in [5.74, 6) is 2.09. The minimum atomic E-state index is -0.648. The Labute approximate surface area is 277 Å². The summed E-state index contributed by atoms with van der Waals surface area (Å²) in [6.45, 7) is 6.91. The Hall–Kier alpha value is -4.24. The zero-order chi connectivity index (χ0) is 32.7. The molecular weight excluding hydrogens is 616 g/mol. The molecule has 2 N–H and O–H groups in total. The smallest absolute Gasteiger partial charge is 0.319 e. The van der Waals surface area contributed by atoms with Crippen LogP contribution in [0.15, 0.2) is 30.3 Å². The first kappa shape index (κ1) is 29.9. The van der Waals surface area contributed by atoms with Gasteiger partial charge in [0.1, 0.15) is 35.3 Å². The predicted molar refractivity (Wildman–Crippen MR) is 178 cm³/mol. The van der Waals surface area contributed by atoms with Crippen LogP contribution >= 0.6 is 0 Å². The van der Waals surface area contributed by atoms with Crippen molar-refractivity contribution >= 4 is 27.5 Å². The summed E-state index contributed by atoms with van der Waals surface area (Å²) >= 11 is 0. The number of halogens is 2. The number of fused-ring (bicyclic) bond motifs is 6. The molecule has 2 bridgehead atoms. The van der Waals surface area contributed by atoms with Gasteiger partial charge in [0.05, 0.1) is 36.8 Å². The first-order chi connectivity index (χ1) is 23.3. The fourth-order valence-corrected chi connectivity index (χ4v) is 8.25. The van der Waals surface area contributed by atoms with Crippen LogP contribution in [0.25, 0.3) is 32.8 Å². The van der Waals surface area contributed by atoms with E-state index in [0.717, 1.165) is 52.0 Å². The van der Waals surface area contributed by atoms with Crippen molar-refractivity contribution in [2.45, 2.75) is 56.8 Å². The number of aromatic hydroxyl groups is 1. The van der Waals surface area contributed by atoms with Gasteiger partial charge in [-0.25, -0.2) is 8.78 Å². The van der Waals surface area contributed by atoms with E-state index in [4.69, 9.17) is 30.6 Å². The number of benzene rings is 3. The first-order valence-corrected chi connectivity index (χ1v) is 16.9. The van der Waals surface area contributed by atoms with Gasteiger partial charge in [-0.05, 0) is 67.8 Å². The molecule has 11 heteroatoms. The summed E-state index contributed by atoms with van der Waals surface area (Å²) in [7, 11) is 0. The number of nitrogens with zero attached hydrogens (tertiary/aromatic N) is 4. The van der Waals surface area contributed by atoms with Gasteiger partial charge in [-0.15, -0.1) is 6.42 Å². The maximum absolute atomic E-state index is 17.1. The lowest BCUT2D eigenvalue weighted by atomic mass is 9.92. The van der Waals surface area contributed by atoms with Crippen LogP contribution in [0.4, 0.5) is 14.6 Å². The number of phenols is 1.